The van der Waals surface area contributed by atoms with Crippen molar-refractivity contribution in [2.45, 2.75) is 0 Å². The maximum absolute atomic E-state index is 11.9. The lowest BCUT2D eigenvalue weighted by molar-refractivity contribution is 0.256. The van der Waals surface area contributed by atoms with Gasteiger partial charge in [0.05, 0.1) is 18.5 Å². The highest BCUT2D eigenvalue weighted by molar-refractivity contribution is 7.84. The molecule has 0 heterocycles. The SMILES string of the molecule is COc1cccc(N(C(N)=O)c2ccccc2OS(N)(=O)=O)c1. The number of anilines is 2. The maximum atomic E-state index is 11.9. The van der Waals surface area contributed by atoms with Crippen LogP contribution in [0.2, 0.25) is 0 Å². The normalized spacial score (nSPS) is 10.9. The molecule has 2 amide bonds. The van der Waals surface area contributed by atoms with Crippen molar-refractivity contribution < 1.29 is 22.1 Å². The molecule has 23 heavy (non-hydrogen) atoms. The summed E-state index contributed by atoms with van der Waals surface area (Å²) in [6, 6.07) is 11.7. The third-order valence-corrected chi connectivity index (χ3v) is 3.26. The molecule has 0 saturated carbocycles. The Morgan fingerprint density at radius 3 is 2.43 bits per heavy atom. The molecule has 0 bridgehead atoms. The van der Waals surface area contributed by atoms with Gasteiger partial charge < -0.3 is 14.7 Å². The molecule has 0 aliphatic rings. The molecule has 122 valence electrons. The molecule has 0 aliphatic carbocycles. The lowest BCUT2D eigenvalue weighted by Gasteiger charge is -2.23. The molecule has 0 aromatic heterocycles. The number of benzene rings is 2. The first-order chi connectivity index (χ1) is 10.8. The Hall–Kier alpha value is -2.78. The van der Waals surface area contributed by atoms with E-state index in [4.69, 9.17) is 19.8 Å². The Morgan fingerprint density at radius 1 is 1.13 bits per heavy atom. The van der Waals surface area contributed by atoms with E-state index in [0.29, 0.717) is 11.4 Å². The zero-order valence-corrected chi connectivity index (χ0v) is 13.0. The van der Waals surface area contributed by atoms with Crippen molar-refractivity contribution in [3.05, 3.63) is 48.5 Å². The second kappa shape index (κ2) is 6.55. The molecule has 0 unspecified atom stereocenters. The van der Waals surface area contributed by atoms with Crippen molar-refractivity contribution in [1.82, 2.24) is 0 Å². The summed E-state index contributed by atoms with van der Waals surface area (Å²) in [6.07, 6.45) is 0. The number of methoxy groups -OCH3 is 1. The van der Waals surface area contributed by atoms with E-state index >= 15 is 0 Å². The molecule has 2 rings (SSSR count). The van der Waals surface area contributed by atoms with Crippen molar-refractivity contribution in [1.29, 1.82) is 0 Å². The van der Waals surface area contributed by atoms with Crippen LogP contribution in [0.1, 0.15) is 0 Å². The number of nitrogens with two attached hydrogens (primary N) is 2. The lowest BCUT2D eigenvalue weighted by atomic mass is 10.2. The standard InChI is InChI=1S/C14H15N3O5S/c1-21-11-6-4-5-10(9-11)17(14(15)18)12-7-2-3-8-13(12)22-23(16,19)20/h2-9H,1H3,(H2,15,18)(H2,16,19,20). The summed E-state index contributed by atoms with van der Waals surface area (Å²) in [5, 5.41) is 4.89. The zero-order chi connectivity index (χ0) is 17.0. The van der Waals surface area contributed by atoms with E-state index in [1.807, 2.05) is 0 Å². The van der Waals surface area contributed by atoms with Gasteiger partial charge >= 0.3 is 16.3 Å². The second-order valence-corrected chi connectivity index (χ2v) is 5.57. The smallest absolute Gasteiger partial charge is 0.380 e. The highest BCUT2D eigenvalue weighted by Crippen LogP contribution is 2.35. The minimum absolute atomic E-state index is 0.127. The Morgan fingerprint density at radius 2 is 1.83 bits per heavy atom. The van der Waals surface area contributed by atoms with Gasteiger partial charge in [-0.2, -0.15) is 13.6 Å². The van der Waals surface area contributed by atoms with Crippen molar-refractivity contribution in [2.75, 3.05) is 12.0 Å². The van der Waals surface area contributed by atoms with E-state index < -0.39 is 16.3 Å². The highest BCUT2D eigenvalue weighted by Gasteiger charge is 2.21. The van der Waals surface area contributed by atoms with E-state index in [9.17, 15) is 13.2 Å². The molecule has 0 atom stereocenters. The molecule has 2 aromatic carbocycles. The average Bonchev–Trinajstić information content (AvgIpc) is 2.48. The Labute approximate surface area is 133 Å². The van der Waals surface area contributed by atoms with Crippen LogP contribution in [-0.4, -0.2) is 21.6 Å². The number of carbonyl (C=O) groups excluding carboxylic acids is 1. The summed E-state index contributed by atoms with van der Waals surface area (Å²) in [5.41, 5.74) is 5.94. The molecule has 0 fully saturated rings. The van der Waals surface area contributed by atoms with Gasteiger partial charge in [0.2, 0.25) is 0 Å². The molecule has 2 aromatic rings. The molecule has 8 nitrogen and oxygen atoms in total. The molecular formula is C14H15N3O5S. The number of primary amides is 1. The van der Waals surface area contributed by atoms with Gasteiger partial charge in [-0.15, -0.1) is 0 Å². The minimum Gasteiger partial charge on any atom is -0.497 e. The van der Waals surface area contributed by atoms with Crippen LogP contribution in [0.5, 0.6) is 11.5 Å². The molecule has 4 N–H and O–H groups in total. The first-order valence-electron chi connectivity index (χ1n) is 6.36. The summed E-state index contributed by atoms with van der Waals surface area (Å²) >= 11 is 0. The van der Waals surface area contributed by atoms with E-state index in [0.717, 1.165) is 4.90 Å². The van der Waals surface area contributed by atoms with Gasteiger partial charge in [0, 0.05) is 6.07 Å². The quantitative estimate of drug-likeness (QED) is 0.855. The summed E-state index contributed by atoms with van der Waals surface area (Å²) in [4.78, 5) is 13.0. The van der Waals surface area contributed by atoms with Gasteiger partial charge in [0.25, 0.3) is 0 Å². The number of carbonyl (C=O) groups is 1. The maximum Gasteiger partial charge on any atom is 0.380 e. The van der Waals surface area contributed by atoms with Crippen LogP contribution in [-0.2, 0) is 10.3 Å². The van der Waals surface area contributed by atoms with Crippen LogP contribution in [0.4, 0.5) is 16.2 Å². The predicted octanol–water partition coefficient (Wildman–Crippen LogP) is 1.49. The Balaban J connectivity index is 2.56. The molecule has 0 saturated heterocycles. The van der Waals surface area contributed by atoms with E-state index in [2.05, 4.69) is 0 Å². The van der Waals surface area contributed by atoms with Gasteiger partial charge in [-0.3, -0.25) is 4.90 Å². The van der Waals surface area contributed by atoms with E-state index in [1.54, 1.807) is 30.3 Å². The van der Waals surface area contributed by atoms with Crippen LogP contribution < -0.4 is 24.7 Å². The van der Waals surface area contributed by atoms with E-state index in [-0.39, 0.29) is 11.4 Å². The molecule has 0 spiro atoms. The molecular weight excluding hydrogens is 322 g/mol. The van der Waals surface area contributed by atoms with Crippen LogP contribution in [0.25, 0.3) is 0 Å². The van der Waals surface area contributed by atoms with Crippen molar-refractivity contribution in [3.8, 4) is 11.5 Å². The minimum atomic E-state index is -4.26. The van der Waals surface area contributed by atoms with Gasteiger partial charge in [-0.25, -0.2) is 4.79 Å². The predicted molar refractivity (Wildman–Crippen MR) is 84.9 cm³/mol. The number of para-hydroxylation sites is 2. The third-order valence-electron chi connectivity index (χ3n) is 2.84. The van der Waals surface area contributed by atoms with Gasteiger partial charge in [-0.1, -0.05) is 18.2 Å². The molecule has 0 radical (unpaired) electrons. The summed E-state index contributed by atoms with van der Waals surface area (Å²) < 4.78 is 32.2. The largest absolute Gasteiger partial charge is 0.497 e. The topological polar surface area (TPSA) is 125 Å². The first-order valence-corrected chi connectivity index (χ1v) is 7.84. The molecule has 9 heteroatoms. The molecule has 0 aliphatic heterocycles. The first kappa shape index (κ1) is 16.6. The van der Waals surface area contributed by atoms with E-state index in [1.165, 1.54) is 25.3 Å². The number of ether oxygens (including phenoxy) is 1. The fourth-order valence-corrected chi connectivity index (χ4v) is 2.36. The summed E-state index contributed by atoms with van der Waals surface area (Å²) in [7, 11) is -2.78. The number of nitrogens with zero attached hydrogens (tertiary/aromatic N) is 1. The highest BCUT2D eigenvalue weighted by atomic mass is 32.2. The lowest BCUT2D eigenvalue weighted by Crippen LogP contribution is -2.32. The van der Waals surface area contributed by atoms with Crippen molar-refractivity contribution >= 4 is 27.7 Å². The van der Waals surface area contributed by atoms with Crippen LogP contribution in [0.3, 0.4) is 0 Å². The van der Waals surface area contributed by atoms with Crippen LogP contribution in [0.15, 0.2) is 48.5 Å². The number of rotatable bonds is 5. The number of hydrogen-bond acceptors (Lipinski definition) is 5. The van der Waals surface area contributed by atoms with Gasteiger partial charge in [0.1, 0.15) is 5.75 Å². The Bertz CT molecular complexity index is 823. The number of urea groups is 1. The van der Waals surface area contributed by atoms with Gasteiger partial charge in [0.15, 0.2) is 5.75 Å². The fraction of sp³-hybridized carbons (Fsp3) is 0.0714. The van der Waals surface area contributed by atoms with Crippen LogP contribution in [0, 0.1) is 0 Å². The average molecular weight is 337 g/mol. The third kappa shape index (κ3) is 4.11. The summed E-state index contributed by atoms with van der Waals surface area (Å²) in [6.45, 7) is 0. The number of hydrogen-bond donors (Lipinski definition) is 2. The zero-order valence-electron chi connectivity index (χ0n) is 12.2. The Kier molecular flexibility index (Phi) is 4.72. The monoisotopic (exact) mass is 337 g/mol. The second-order valence-electron chi connectivity index (χ2n) is 4.42. The van der Waals surface area contributed by atoms with Crippen LogP contribution >= 0.6 is 0 Å². The van der Waals surface area contributed by atoms with Crippen molar-refractivity contribution in [2.24, 2.45) is 10.9 Å². The fourth-order valence-electron chi connectivity index (χ4n) is 1.97. The number of amides is 2. The summed E-state index contributed by atoms with van der Waals surface area (Å²) in [5.74, 6) is 0.371. The van der Waals surface area contributed by atoms with Crippen molar-refractivity contribution in [3.63, 3.8) is 0 Å². The van der Waals surface area contributed by atoms with Gasteiger partial charge in [-0.05, 0) is 24.3 Å².